The number of thiazole rings is 1. The van der Waals surface area contributed by atoms with Gasteiger partial charge < -0.3 is 9.84 Å². The van der Waals surface area contributed by atoms with E-state index < -0.39 is 11.4 Å². The molecule has 1 N–H and O–H groups in total. The van der Waals surface area contributed by atoms with Crippen LogP contribution in [0, 0.1) is 5.41 Å². The molecule has 0 unspecified atom stereocenters. The molecule has 28 heavy (non-hydrogen) atoms. The molecule has 4 rings (SSSR count). The molecule has 1 aliphatic rings. The quantitative estimate of drug-likeness (QED) is 0.714. The number of anilines is 1. The molecule has 1 amide bonds. The lowest BCUT2D eigenvalue weighted by molar-refractivity contribution is -0.144. The molecule has 144 valence electrons. The fourth-order valence-electron chi connectivity index (χ4n) is 3.94. The summed E-state index contributed by atoms with van der Waals surface area (Å²) in [4.78, 5) is 31.1. The molecule has 0 spiro atoms. The van der Waals surface area contributed by atoms with Crippen molar-refractivity contribution in [1.82, 2.24) is 4.98 Å². The molecule has 1 heterocycles. The number of aromatic nitrogens is 1. The van der Waals surface area contributed by atoms with Gasteiger partial charge in [-0.1, -0.05) is 35.6 Å². The van der Waals surface area contributed by atoms with Crippen LogP contribution in [0.4, 0.5) is 5.13 Å². The number of carboxylic acid groups (broad SMARTS) is 1. The molecule has 7 heteroatoms. The van der Waals surface area contributed by atoms with Crippen molar-refractivity contribution in [3.8, 4) is 5.75 Å². The highest BCUT2D eigenvalue weighted by Gasteiger charge is 2.47. The second-order valence-corrected chi connectivity index (χ2v) is 8.18. The standard InChI is InChI=1S/C21H20N2O4S/c1-23(20-22-16-8-7-15(27-2)9-17(16)28-20)19(26)21(12-18(24)25)10-13-5-3-4-6-14(13)11-21/h3-9H,10-12H2,1-2H3,(H,24,25). The number of benzene rings is 2. The maximum atomic E-state index is 13.5. The molecule has 2 aromatic carbocycles. The Morgan fingerprint density at radius 3 is 2.50 bits per heavy atom. The first kappa shape index (κ1) is 18.4. The Labute approximate surface area is 166 Å². The minimum absolute atomic E-state index is 0.205. The Morgan fingerprint density at radius 2 is 1.89 bits per heavy atom. The number of aliphatic carboxylic acids is 1. The molecule has 1 aromatic heterocycles. The first-order valence-corrected chi connectivity index (χ1v) is 9.75. The number of ether oxygens (including phenoxy) is 1. The maximum absolute atomic E-state index is 13.5. The first-order chi connectivity index (χ1) is 13.4. The minimum Gasteiger partial charge on any atom is -0.497 e. The van der Waals surface area contributed by atoms with Crippen LogP contribution in [0.15, 0.2) is 42.5 Å². The van der Waals surface area contributed by atoms with Crippen molar-refractivity contribution in [1.29, 1.82) is 0 Å². The lowest BCUT2D eigenvalue weighted by atomic mass is 9.80. The van der Waals surface area contributed by atoms with E-state index in [-0.39, 0.29) is 12.3 Å². The van der Waals surface area contributed by atoms with E-state index in [9.17, 15) is 14.7 Å². The van der Waals surface area contributed by atoms with Gasteiger partial charge in [-0.2, -0.15) is 0 Å². The predicted molar refractivity (Wildman–Crippen MR) is 108 cm³/mol. The third kappa shape index (κ3) is 3.11. The summed E-state index contributed by atoms with van der Waals surface area (Å²) < 4.78 is 6.16. The van der Waals surface area contributed by atoms with Crippen molar-refractivity contribution >= 4 is 38.6 Å². The van der Waals surface area contributed by atoms with E-state index in [0.29, 0.717) is 18.0 Å². The molecule has 0 atom stereocenters. The van der Waals surface area contributed by atoms with Crippen molar-refractivity contribution in [3.63, 3.8) is 0 Å². The highest BCUT2D eigenvalue weighted by atomic mass is 32.1. The zero-order valence-electron chi connectivity index (χ0n) is 15.6. The summed E-state index contributed by atoms with van der Waals surface area (Å²) in [6, 6.07) is 13.3. The predicted octanol–water partition coefficient (Wildman–Crippen LogP) is 3.53. The molecule has 0 fully saturated rings. The number of fused-ring (bicyclic) bond motifs is 2. The average molecular weight is 396 g/mol. The Hall–Kier alpha value is -2.93. The second kappa shape index (κ2) is 6.91. The molecule has 0 saturated carbocycles. The van der Waals surface area contributed by atoms with Crippen LogP contribution in [0.2, 0.25) is 0 Å². The van der Waals surface area contributed by atoms with E-state index in [1.807, 2.05) is 42.5 Å². The molecular weight excluding hydrogens is 376 g/mol. The number of nitrogens with zero attached hydrogens (tertiary/aromatic N) is 2. The van der Waals surface area contributed by atoms with Gasteiger partial charge in [0.1, 0.15) is 5.75 Å². The summed E-state index contributed by atoms with van der Waals surface area (Å²) >= 11 is 1.39. The second-order valence-electron chi connectivity index (χ2n) is 7.17. The largest absolute Gasteiger partial charge is 0.497 e. The molecule has 0 radical (unpaired) electrons. The van der Waals surface area contributed by atoms with Crippen LogP contribution >= 0.6 is 11.3 Å². The number of hydrogen-bond acceptors (Lipinski definition) is 5. The number of amides is 1. The summed E-state index contributed by atoms with van der Waals surface area (Å²) in [5, 5.41) is 10.0. The SMILES string of the molecule is COc1ccc2nc(N(C)C(=O)C3(CC(=O)O)Cc4ccccc4C3)sc2c1. The highest BCUT2D eigenvalue weighted by Crippen LogP contribution is 2.42. The number of carbonyl (C=O) groups is 2. The first-order valence-electron chi connectivity index (χ1n) is 8.93. The van der Waals surface area contributed by atoms with E-state index >= 15 is 0 Å². The van der Waals surface area contributed by atoms with Crippen LogP contribution in [0.3, 0.4) is 0 Å². The summed E-state index contributed by atoms with van der Waals surface area (Å²) in [5.41, 5.74) is 1.88. The monoisotopic (exact) mass is 396 g/mol. The number of rotatable bonds is 5. The molecule has 0 aliphatic heterocycles. The van der Waals surface area contributed by atoms with E-state index in [2.05, 4.69) is 4.98 Å². The fraction of sp³-hybridized carbons (Fsp3) is 0.286. The van der Waals surface area contributed by atoms with E-state index in [1.54, 1.807) is 14.2 Å². The number of carboxylic acids is 1. The van der Waals surface area contributed by atoms with Gasteiger partial charge in [-0.3, -0.25) is 14.5 Å². The lowest BCUT2D eigenvalue weighted by Crippen LogP contribution is -2.44. The van der Waals surface area contributed by atoms with Crippen LogP contribution in [0.5, 0.6) is 5.75 Å². The van der Waals surface area contributed by atoms with Gasteiger partial charge in [0.05, 0.1) is 29.2 Å². The molecule has 0 bridgehead atoms. The van der Waals surface area contributed by atoms with Crippen LogP contribution in [0.1, 0.15) is 17.5 Å². The maximum Gasteiger partial charge on any atom is 0.304 e. The highest BCUT2D eigenvalue weighted by molar-refractivity contribution is 7.22. The summed E-state index contributed by atoms with van der Waals surface area (Å²) in [6.45, 7) is 0. The summed E-state index contributed by atoms with van der Waals surface area (Å²) in [7, 11) is 3.27. The van der Waals surface area contributed by atoms with Crippen LogP contribution in [0.25, 0.3) is 10.2 Å². The van der Waals surface area contributed by atoms with Crippen LogP contribution in [-0.4, -0.2) is 36.1 Å². The van der Waals surface area contributed by atoms with E-state index in [4.69, 9.17) is 4.74 Å². The zero-order chi connectivity index (χ0) is 19.9. The Balaban J connectivity index is 1.68. The fourth-order valence-corrected chi connectivity index (χ4v) is 4.90. The molecular formula is C21H20N2O4S. The van der Waals surface area contributed by atoms with Gasteiger partial charge in [0, 0.05) is 7.05 Å². The number of carbonyl (C=O) groups excluding carboxylic acids is 1. The molecule has 6 nitrogen and oxygen atoms in total. The van der Waals surface area contributed by atoms with Crippen LogP contribution < -0.4 is 9.64 Å². The number of hydrogen-bond donors (Lipinski definition) is 1. The van der Waals surface area contributed by atoms with Gasteiger partial charge in [-0.05, 0) is 42.2 Å². The third-order valence-electron chi connectivity index (χ3n) is 5.30. The Kier molecular flexibility index (Phi) is 4.55. The van der Waals surface area contributed by atoms with Crippen molar-refractivity contribution in [2.75, 3.05) is 19.1 Å². The average Bonchev–Trinajstić information content (AvgIpc) is 3.26. The van der Waals surface area contributed by atoms with E-state index in [1.165, 1.54) is 16.2 Å². The van der Waals surface area contributed by atoms with Gasteiger partial charge in [0.15, 0.2) is 5.13 Å². The van der Waals surface area contributed by atoms with Crippen molar-refractivity contribution in [2.24, 2.45) is 5.41 Å². The van der Waals surface area contributed by atoms with Gasteiger partial charge in [0.25, 0.3) is 0 Å². The Morgan fingerprint density at radius 1 is 1.21 bits per heavy atom. The zero-order valence-corrected chi connectivity index (χ0v) is 16.5. The van der Waals surface area contributed by atoms with Gasteiger partial charge in [-0.25, -0.2) is 4.98 Å². The van der Waals surface area contributed by atoms with Gasteiger partial charge >= 0.3 is 5.97 Å². The molecule has 1 aliphatic carbocycles. The smallest absolute Gasteiger partial charge is 0.304 e. The number of methoxy groups -OCH3 is 1. The van der Waals surface area contributed by atoms with Crippen molar-refractivity contribution in [2.45, 2.75) is 19.3 Å². The van der Waals surface area contributed by atoms with Crippen molar-refractivity contribution in [3.05, 3.63) is 53.6 Å². The van der Waals surface area contributed by atoms with Gasteiger partial charge in [0.2, 0.25) is 5.91 Å². The molecule has 3 aromatic rings. The summed E-state index contributed by atoms with van der Waals surface area (Å²) in [6.07, 6.45) is 0.651. The van der Waals surface area contributed by atoms with E-state index in [0.717, 1.165) is 27.1 Å². The van der Waals surface area contributed by atoms with Crippen LogP contribution in [-0.2, 0) is 22.4 Å². The topological polar surface area (TPSA) is 79.7 Å². The minimum atomic E-state index is -0.986. The molecule has 0 saturated heterocycles. The Bertz CT molecular complexity index is 1050. The van der Waals surface area contributed by atoms with Gasteiger partial charge in [-0.15, -0.1) is 0 Å². The lowest BCUT2D eigenvalue weighted by Gasteiger charge is -2.30. The third-order valence-corrected chi connectivity index (χ3v) is 6.39. The summed E-state index contributed by atoms with van der Waals surface area (Å²) in [5.74, 6) is -0.453. The normalized spacial score (nSPS) is 14.6. The van der Waals surface area contributed by atoms with Crippen molar-refractivity contribution < 1.29 is 19.4 Å².